The topological polar surface area (TPSA) is 86.7 Å². The minimum atomic E-state index is -0.911. The van der Waals surface area contributed by atoms with Gasteiger partial charge >= 0.3 is 5.97 Å². The molecule has 0 aromatic carbocycles. The lowest BCUT2D eigenvalue weighted by Gasteiger charge is -2.08. The van der Waals surface area contributed by atoms with Crippen molar-refractivity contribution in [2.75, 3.05) is 0 Å². The van der Waals surface area contributed by atoms with Gasteiger partial charge < -0.3 is 10.5 Å². The average molecular weight is 253 g/mol. The Morgan fingerprint density at radius 1 is 1.65 bits per heavy atom. The molecular weight excluding hydrogens is 242 g/mol. The van der Waals surface area contributed by atoms with Crippen LogP contribution in [-0.4, -0.2) is 27.4 Å². The van der Waals surface area contributed by atoms with Gasteiger partial charge in [0.1, 0.15) is 0 Å². The first-order valence-corrected chi connectivity index (χ1v) is 5.84. The number of primary amides is 1. The van der Waals surface area contributed by atoms with E-state index in [9.17, 15) is 9.59 Å². The third-order valence-corrected chi connectivity index (χ3v) is 2.95. The number of nitrogens with zero attached hydrogens (tertiary/aromatic N) is 2. The van der Waals surface area contributed by atoms with Crippen LogP contribution in [-0.2, 0) is 20.7 Å². The molecular formula is C10H11N3O3S. The SMILES string of the molecule is C[C@@H](OC(=O)Cc1cn2ccsc2n1)C(N)=O. The molecule has 6 nitrogen and oxygen atoms in total. The molecule has 1 amide bonds. The fourth-order valence-electron chi connectivity index (χ4n) is 1.31. The summed E-state index contributed by atoms with van der Waals surface area (Å²) in [5, 5.41) is 1.90. The molecule has 0 aliphatic carbocycles. The number of fused-ring (bicyclic) bond motifs is 1. The molecule has 1 atom stereocenters. The highest BCUT2D eigenvalue weighted by Crippen LogP contribution is 2.12. The van der Waals surface area contributed by atoms with Gasteiger partial charge in [0, 0.05) is 17.8 Å². The maximum absolute atomic E-state index is 11.5. The molecule has 2 aromatic heterocycles. The first kappa shape index (κ1) is 11.6. The van der Waals surface area contributed by atoms with Gasteiger partial charge in [0.15, 0.2) is 11.1 Å². The number of carbonyl (C=O) groups is 2. The molecule has 2 aromatic rings. The predicted molar refractivity (Wildman–Crippen MR) is 61.5 cm³/mol. The molecule has 17 heavy (non-hydrogen) atoms. The highest BCUT2D eigenvalue weighted by atomic mass is 32.1. The quantitative estimate of drug-likeness (QED) is 0.797. The summed E-state index contributed by atoms with van der Waals surface area (Å²) < 4.78 is 6.65. The summed E-state index contributed by atoms with van der Waals surface area (Å²) in [6, 6.07) is 0. The number of imidazole rings is 1. The summed E-state index contributed by atoms with van der Waals surface area (Å²) in [7, 11) is 0. The molecule has 0 spiro atoms. The third kappa shape index (κ3) is 2.62. The van der Waals surface area contributed by atoms with Crippen LogP contribution in [0.15, 0.2) is 17.8 Å². The maximum atomic E-state index is 11.5. The van der Waals surface area contributed by atoms with Crippen molar-refractivity contribution in [1.82, 2.24) is 9.38 Å². The van der Waals surface area contributed by atoms with Crippen LogP contribution >= 0.6 is 11.3 Å². The summed E-state index contributed by atoms with van der Waals surface area (Å²) in [5.41, 5.74) is 5.60. The molecule has 0 aliphatic heterocycles. The number of thiazole rings is 1. The van der Waals surface area contributed by atoms with E-state index in [-0.39, 0.29) is 6.42 Å². The van der Waals surface area contributed by atoms with Crippen LogP contribution in [0.5, 0.6) is 0 Å². The van der Waals surface area contributed by atoms with Gasteiger partial charge in [-0.25, -0.2) is 4.98 Å². The summed E-state index contributed by atoms with van der Waals surface area (Å²) in [5.74, 6) is -1.17. The lowest BCUT2D eigenvalue weighted by Crippen LogP contribution is -2.31. The Kier molecular flexibility index (Phi) is 3.10. The van der Waals surface area contributed by atoms with Crippen LogP contribution in [0, 0.1) is 0 Å². The van der Waals surface area contributed by atoms with E-state index in [0.29, 0.717) is 5.69 Å². The Bertz CT molecular complexity index is 531. The largest absolute Gasteiger partial charge is 0.452 e. The van der Waals surface area contributed by atoms with Gasteiger partial charge in [-0.15, -0.1) is 11.3 Å². The molecule has 0 fully saturated rings. The smallest absolute Gasteiger partial charge is 0.312 e. The van der Waals surface area contributed by atoms with Crippen LogP contribution in [0.3, 0.4) is 0 Å². The van der Waals surface area contributed by atoms with Crippen molar-refractivity contribution >= 4 is 28.2 Å². The van der Waals surface area contributed by atoms with Crippen molar-refractivity contribution in [3.63, 3.8) is 0 Å². The Morgan fingerprint density at radius 2 is 2.41 bits per heavy atom. The summed E-state index contributed by atoms with van der Waals surface area (Å²) in [6.07, 6.45) is 2.73. The van der Waals surface area contributed by atoms with Crippen molar-refractivity contribution in [2.24, 2.45) is 5.73 Å². The first-order chi connectivity index (χ1) is 8.06. The van der Waals surface area contributed by atoms with Gasteiger partial charge in [-0.2, -0.15) is 0 Å². The van der Waals surface area contributed by atoms with E-state index >= 15 is 0 Å². The third-order valence-electron chi connectivity index (χ3n) is 2.18. The highest BCUT2D eigenvalue weighted by molar-refractivity contribution is 7.15. The van der Waals surface area contributed by atoms with Crippen LogP contribution in [0.2, 0.25) is 0 Å². The van der Waals surface area contributed by atoms with E-state index in [1.165, 1.54) is 18.3 Å². The number of rotatable bonds is 4. The number of ether oxygens (including phenoxy) is 1. The average Bonchev–Trinajstić information content (AvgIpc) is 2.76. The molecule has 0 radical (unpaired) electrons. The number of nitrogens with two attached hydrogens (primary N) is 1. The molecule has 0 unspecified atom stereocenters. The molecule has 0 saturated carbocycles. The van der Waals surface area contributed by atoms with E-state index in [0.717, 1.165) is 4.96 Å². The molecule has 2 rings (SSSR count). The van der Waals surface area contributed by atoms with Crippen LogP contribution in [0.25, 0.3) is 4.96 Å². The second kappa shape index (κ2) is 4.54. The van der Waals surface area contributed by atoms with Gasteiger partial charge in [-0.05, 0) is 6.92 Å². The molecule has 0 aliphatic rings. The molecule has 7 heteroatoms. The number of amides is 1. The fourth-order valence-corrected chi connectivity index (χ4v) is 2.02. The van der Waals surface area contributed by atoms with Crippen molar-refractivity contribution < 1.29 is 14.3 Å². The standard InChI is InChI=1S/C10H11N3O3S/c1-6(9(11)15)16-8(14)4-7-5-13-2-3-17-10(13)12-7/h2-3,5-6H,4H2,1H3,(H2,11,15)/t6-/m1/s1. The van der Waals surface area contributed by atoms with Gasteiger partial charge in [0.05, 0.1) is 12.1 Å². The zero-order valence-corrected chi connectivity index (χ0v) is 9.94. The Balaban J connectivity index is 1.99. The Morgan fingerprint density at radius 3 is 3.06 bits per heavy atom. The normalized spacial score (nSPS) is 12.5. The van der Waals surface area contributed by atoms with Crippen molar-refractivity contribution in [3.8, 4) is 0 Å². The summed E-state index contributed by atoms with van der Waals surface area (Å²) >= 11 is 1.48. The van der Waals surface area contributed by atoms with Gasteiger partial charge in [0.2, 0.25) is 0 Å². The monoisotopic (exact) mass is 253 g/mol. The van der Waals surface area contributed by atoms with Gasteiger partial charge in [-0.3, -0.25) is 14.0 Å². The zero-order chi connectivity index (χ0) is 12.4. The lowest BCUT2D eigenvalue weighted by atomic mass is 10.3. The first-order valence-electron chi connectivity index (χ1n) is 4.96. The van der Waals surface area contributed by atoms with E-state index in [1.54, 1.807) is 6.20 Å². The van der Waals surface area contributed by atoms with E-state index in [1.807, 2.05) is 16.0 Å². The van der Waals surface area contributed by atoms with E-state index in [4.69, 9.17) is 10.5 Å². The predicted octanol–water partition coefficient (Wildman–Crippen LogP) is 0.355. The highest BCUT2D eigenvalue weighted by Gasteiger charge is 2.16. The number of hydrogen-bond donors (Lipinski definition) is 1. The maximum Gasteiger partial charge on any atom is 0.312 e. The molecule has 0 saturated heterocycles. The van der Waals surface area contributed by atoms with Crippen molar-refractivity contribution in [3.05, 3.63) is 23.5 Å². The van der Waals surface area contributed by atoms with Crippen molar-refractivity contribution in [2.45, 2.75) is 19.4 Å². The molecule has 0 bridgehead atoms. The fraction of sp³-hybridized carbons (Fsp3) is 0.300. The molecule has 2 heterocycles. The van der Waals surface area contributed by atoms with Crippen LogP contribution < -0.4 is 5.73 Å². The van der Waals surface area contributed by atoms with Crippen LogP contribution in [0.1, 0.15) is 12.6 Å². The second-order valence-corrected chi connectivity index (χ2v) is 4.41. The lowest BCUT2D eigenvalue weighted by molar-refractivity contribution is -0.153. The van der Waals surface area contributed by atoms with Crippen LogP contribution in [0.4, 0.5) is 0 Å². The Labute approximate surface area is 101 Å². The van der Waals surface area contributed by atoms with Crippen molar-refractivity contribution in [1.29, 1.82) is 0 Å². The minimum absolute atomic E-state index is 0.0337. The molecule has 90 valence electrons. The number of carbonyl (C=O) groups excluding carboxylic acids is 2. The van der Waals surface area contributed by atoms with E-state index in [2.05, 4.69) is 4.98 Å². The molecule has 2 N–H and O–H groups in total. The summed E-state index contributed by atoms with van der Waals surface area (Å²) in [4.78, 5) is 27.2. The number of aromatic nitrogens is 2. The second-order valence-electron chi connectivity index (χ2n) is 3.54. The minimum Gasteiger partial charge on any atom is -0.452 e. The van der Waals surface area contributed by atoms with E-state index < -0.39 is 18.0 Å². The Hall–Kier alpha value is -1.89. The number of esters is 1. The van der Waals surface area contributed by atoms with Gasteiger partial charge in [0.25, 0.3) is 5.91 Å². The summed E-state index contributed by atoms with van der Waals surface area (Å²) in [6.45, 7) is 1.44. The zero-order valence-electron chi connectivity index (χ0n) is 9.12. The number of hydrogen-bond acceptors (Lipinski definition) is 5. The van der Waals surface area contributed by atoms with Gasteiger partial charge in [-0.1, -0.05) is 0 Å².